The topological polar surface area (TPSA) is 64.3 Å². The largest absolute Gasteiger partial charge is 0.480 e. The van der Waals surface area contributed by atoms with E-state index in [1.807, 2.05) is 0 Å². The summed E-state index contributed by atoms with van der Waals surface area (Å²) in [5, 5.41) is 17.8. The van der Waals surface area contributed by atoms with Crippen molar-refractivity contribution in [1.82, 2.24) is 4.90 Å². The third kappa shape index (κ3) is 2.24. The molecule has 0 atom stereocenters. The summed E-state index contributed by atoms with van der Waals surface area (Å²) in [6.45, 7) is -0.0481. The van der Waals surface area contributed by atoms with Gasteiger partial charge in [-0.15, -0.1) is 0 Å². The van der Waals surface area contributed by atoms with Gasteiger partial charge in [0.2, 0.25) is 0 Å². The number of hydrogen-bond donors (Lipinski definition) is 1. The summed E-state index contributed by atoms with van der Waals surface area (Å²) in [7, 11) is 1.72. The first-order valence-electron chi connectivity index (χ1n) is 4.95. The van der Waals surface area contributed by atoms with E-state index in [2.05, 4.69) is 6.07 Å². The number of carboxylic acids is 1. The fourth-order valence-corrected chi connectivity index (χ4v) is 2.07. The number of nitriles is 1. The van der Waals surface area contributed by atoms with Crippen molar-refractivity contribution in [2.45, 2.75) is 37.6 Å². The highest BCUT2D eigenvalue weighted by molar-refractivity contribution is 5.69. The molecule has 0 spiro atoms. The zero-order valence-electron chi connectivity index (χ0n) is 8.49. The lowest BCUT2D eigenvalue weighted by atomic mass is 9.81. The molecule has 0 heterocycles. The van der Waals surface area contributed by atoms with Gasteiger partial charge in [-0.1, -0.05) is 19.3 Å². The van der Waals surface area contributed by atoms with Gasteiger partial charge in [0.25, 0.3) is 0 Å². The summed E-state index contributed by atoms with van der Waals surface area (Å²) in [5.41, 5.74) is -0.531. The molecule has 78 valence electrons. The first-order chi connectivity index (χ1) is 6.60. The maximum atomic E-state index is 10.6. The van der Waals surface area contributed by atoms with Gasteiger partial charge < -0.3 is 5.11 Å². The average Bonchev–Trinajstić information content (AvgIpc) is 2.18. The molecule has 1 saturated carbocycles. The van der Waals surface area contributed by atoms with E-state index in [-0.39, 0.29) is 6.54 Å². The maximum Gasteiger partial charge on any atom is 0.317 e. The van der Waals surface area contributed by atoms with Crippen molar-refractivity contribution in [1.29, 1.82) is 5.26 Å². The Balaban J connectivity index is 2.68. The molecule has 4 nitrogen and oxygen atoms in total. The highest BCUT2D eigenvalue weighted by Gasteiger charge is 2.36. The molecule has 4 heteroatoms. The number of likely N-dealkylation sites (N-methyl/N-ethyl adjacent to an activating group) is 1. The summed E-state index contributed by atoms with van der Waals surface area (Å²) in [6, 6.07) is 2.29. The smallest absolute Gasteiger partial charge is 0.317 e. The van der Waals surface area contributed by atoms with E-state index in [9.17, 15) is 4.79 Å². The minimum Gasteiger partial charge on any atom is -0.480 e. The molecule has 0 unspecified atom stereocenters. The van der Waals surface area contributed by atoms with Crippen molar-refractivity contribution < 1.29 is 9.90 Å². The Hall–Kier alpha value is -1.08. The van der Waals surface area contributed by atoms with Crippen LogP contribution in [-0.4, -0.2) is 35.1 Å². The molecule has 1 N–H and O–H groups in total. The minimum absolute atomic E-state index is 0.0481. The summed E-state index contributed by atoms with van der Waals surface area (Å²) in [6.07, 6.45) is 4.81. The van der Waals surface area contributed by atoms with E-state index in [0.717, 1.165) is 32.1 Å². The van der Waals surface area contributed by atoms with Crippen LogP contribution in [0.1, 0.15) is 32.1 Å². The zero-order chi connectivity index (χ0) is 10.6. The van der Waals surface area contributed by atoms with Crippen molar-refractivity contribution in [2.24, 2.45) is 0 Å². The van der Waals surface area contributed by atoms with Crippen LogP contribution in [0.15, 0.2) is 0 Å². The molecule has 0 amide bonds. The molecule has 0 aliphatic heterocycles. The highest BCUT2D eigenvalue weighted by atomic mass is 16.4. The Morgan fingerprint density at radius 1 is 1.50 bits per heavy atom. The van der Waals surface area contributed by atoms with Crippen LogP contribution < -0.4 is 0 Å². The quantitative estimate of drug-likeness (QED) is 0.737. The molecule has 0 saturated heterocycles. The number of hydrogen-bond acceptors (Lipinski definition) is 3. The number of carbonyl (C=O) groups is 1. The number of carboxylic acid groups (broad SMARTS) is 1. The SMILES string of the molecule is CN(CC(=O)O)C1(C#N)CCCCC1. The highest BCUT2D eigenvalue weighted by Crippen LogP contribution is 2.31. The second-order valence-corrected chi connectivity index (χ2v) is 3.95. The predicted molar refractivity (Wildman–Crippen MR) is 51.7 cm³/mol. The normalized spacial score (nSPS) is 20.4. The van der Waals surface area contributed by atoms with Gasteiger partial charge in [0, 0.05) is 0 Å². The Morgan fingerprint density at radius 2 is 2.07 bits per heavy atom. The fourth-order valence-electron chi connectivity index (χ4n) is 2.07. The molecular formula is C10H16N2O2. The Kier molecular flexibility index (Phi) is 3.48. The summed E-state index contributed by atoms with van der Waals surface area (Å²) in [4.78, 5) is 12.2. The fraction of sp³-hybridized carbons (Fsp3) is 0.800. The molecule has 1 rings (SSSR count). The standard InChI is InChI=1S/C10H16N2O2/c1-12(7-9(13)14)10(8-11)5-3-2-4-6-10/h2-7H2,1H3,(H,13,14). The molecule has 1 aliphatic carbocycles. The lowest BCUT2D eigenvalue weighted by Crippen LogP contribution is -2.48. The minimum atomic E-state index is -0.868. The number of rotatable bonds is 3. The number of nitrogens with zero attached hydrogens (tertiary/aromatic N) is 2. The van der Waals surface area contributed by atoms with Gasteiger partial charge in [-0.25, -0.2) is 0 Å². The third-order valence-corrected chi connectivity index (χ3v) is 2.99. The van der Waals surface area contributed by atoms with Crippen LogP contribution in [0.2, 0.25) is 0 Å². The molecule has 1 fully saturated rings. The van der Waals surface area contributed by atoms with E-state index >= 15 is 0 Å². The van der Waals surface area contributed by atoms with E-state index < -0.39 is 11.5 Å². The first kappa shape index (κ1) is 11.0. The van der Waals surface area contributed by atoms with Crippen LogP contribution >= 0.6 is 0 Å². The maximum absolute atomic E-state index is 10.6. The van der Waals surface area contributed by atoms with Gasteiger partial charge in [-0.2, -0.15) is 5.26 Å². The number of aliphatic carboxylic acids is 1. The Bertz CT molecular complexity index is 251. The molecule has 0 bridgehead atoms. The molecule has 0 aromatic carbocycles. The van der Waals surface area contributed by atoms with E-state index in [0.29, 0.717) is 0 Å². The summed E-state index contributed by atoms with van der Waals surface area (Å²) >= 11 is 0. The molecular weight excluding hydrogens is 180 g/mol. The van der Waals surface area contributed by atoms with Gasteiger partial charge in [0.1, 0.15) is 5.54 Å². The van der Waals surface area contributed by atoms with Gasteiger partial charge in [-0.3, -0.25) is 9.69 Å². The average molecular weight is 196 g/mol. The van der Waals surface area contributed by atoms with Gasteiger partial charge in [-0.05, 0) is 19.9 Å². The van der Waals surface area contributed by atoms with Crippen molar-refractivity contribution in [3.05, 3.63) is 0 Å². The van der Waals surface area contributed by atoms with Crippen LogP contribution in [0.4, 0.5) is 0 Å². The van der Waals surface area contributed by atoms with E-state index in [1.54, 1.807) is 11.9 Å². The Morgan fingerprint density at radius 3 is 2.50 bits per heavy atom. The monoisotopic (exact) mass is 196 g/mol. The molecule has 1 aliphatic rings. The van der Waals surface area contributed by atoms with Crippen LogP contribution in [0.25, 0.3) is 0 Å². The van der Waals surface area contributed by atoms with Crippen molar-refractivity contribution in [3.8, 4) is 6.07 Å². The van der Waals surface area contributed by atoms with Gasteiger partial charge >= 0.3 is 5.97 Å². The lowest BCUT2D eigenvalue weighted by molar-refractivity contribution is -0.139. The second kappa shape index (κ2) is 4.43. The second-order valence-electron chi connectivity index (χ2n) is 3.95. The first-order valence-corrected chi connectivity index (χ1v) is 4.95. The van der Waals surface area contributed by atoms with Crippen molar-refractivity contribution in [3.63, 3.8) is 0 Å². The summed E-state index contributed by atoms with van der Waals surface area (Å²) in [5.74, 6) is -0.868. The van der Waals surface area contributed by atoms with Gasteiger partial charge in [0.05, 0.1) is 12.6 Å². The van der Waals surface area contributed by atoms with Gasteiger partial charge in [0.15, 0.2) is 0 Å². The summed E-state index contributed by atoms with van der Waals surface area (Å²) < 4.78 is 0. The van der Waals surface area contributed by atoms with Crippen LogP contribution in [-0.2, 0) is 4.79 Å². The van der Waals surface area contributed by atoms with E-state index in [4.69, 9.17) is 10.4 Å². The predicted octanol–water partition coefficient (Wildman–Crippen LogP) is 1.23. The molecule has 0 aromatic rings. The van der Waals surface area contributed by atoms with Crippen LogP contribution in [0, 0.1) is 11.3 Å². The molecule has 0 radical (unpaired) electrons. The van der Waals surface area contributed by atoms with Crippen LogP contribution in [0.3, 0.4) is 0 Å². The molecule has 14 heavy (non-hydrogen) atoms. The lowest BCUT2D eigenvalue weighted by Gasteiger charge is -2.38. The Labute approximate surface area is 84.1 Å². The van der Waals surface area contributed by atoms with Crippen molar-refractivity contribution >= 4 is 5.97 Å². The van der Waals surface area contributed by atoms with Crippen LogP contribution in [0.5, 0.6) is 0 Å². The zero-order valence-corrected chi connectivity index (χ0v) is 8.49. The third-order valence-electron chi connectivity index (χ3n) is 2.99. The van der Waals surface area contributed by atoms with E-state index in [1.165, 1.54) is 0 Å². The molecule has 0 aromatic heterocycles. The van der Waals surface area contributed by atoms with Crippen molar-refractivity contribution in [2.75, 3.05) is 13.6 Å².